The largest absolute Gasteiger partial charge is 0.462 e. The fourth-order valence-corrected chi connectivity index (χ4v) is 9.20. The molecule has 0 aromatic heterocycles. The van der Waals surface area contributed by atoms with Crippen LogP contribution in [0.3, 0.4) is 0 Å². The molecular formula is C60H116O6. The van der Waals surface area contributed by atoms with E-state index in [2.05, 4.69) is 34.6 Å². The van der Waals surface area contributed by atoms with Crippen LogP contribution in [0.4, 0.5) is 0 Å². The van der Waals surface area contributed by atoms with Gasteiger partial charge in [-0.2, -0.15) is 0 Å². The Hall–Kier alpha value is -1.59. The van der Waals surface area contributed by atoms with Crippen LogP contribution in [0.2, 0.25) is 0 Å². The molecule has 0 N–H and O–H groups in total. The zero-order valence-electron chi connectivity index (χ0n) is 45.3. The van der Waals surface area contributed by atoms with E-state index in [1.54, 1.807) is 0 Å². The first kappa shape index (κ1) is 64.4. The van der Waals surface area contributed by atoms with E-state index < -0.39 is 6.10 Å². The monoisotopic (exact) mass is 933 g/mol. The van der Waals surface area contributed by atoms with Gasteiger partial charge in [-0.25, -0.2) is 0 Å². The third kappa shape index (κ3) is 51.8. The minimum Gasteiger partial charge on any atom is -0.462 e. The van der Waals surface area contributed by atoms with Crippen molar-refractivity contribution in [2.45, 2.75) is 343 Å². The summed E-state index contributed by atoms with van der Waals surface area (Å²) in [6, 6.07) is 0. The first-order valence-electron chi connectivity index (χ1n) is 29.8. The maximum atomic E-state index is 12.9. The Bertz CT molecular complexity index is 1010. The highest BCUT2D eigenvalue weighted by Gasteiger charge is 2.19. The average molecular weight is 934 g/mol. The molecule has 0 saturated heterocycles. The van der Waals surface area contributed by atoms with E-state index in [0.29, 0.717) is 19.3 Å². The predicted molar refractivity (Wildman–Crippen MR) is 284 cm³/mol. The Labute approximate surface area is 412 Å². The third-order valence-corrected chi connectivity index (χ3v) is 14.1. The maximum Gasteiger partial charge on any atom is 0.306 e. The van der Waals surface area contributed by atoms with Crippen molar-refractivity contribution in [1.29, 1.82) is 0 Å². The van der Waals surface area contributed by atoms with Crippen LogP contribution in [0.25, 0.3) is 0 Å². The van der Waals surface area contributed by atoms with Crippen LogP contribution in [0.15, 0.2) is 0 Å². The zero-order chi connectivity index (χ0) is 48.2. The molecule has 6 heteroatoms. The summed E-state index contributed by atoms with van der Waals surface area (Å²) in [6.07, 6.45) is 56.6. The second-order valence-electron chi connectivity index (χ2n) is 21.4. The molecule has 0 aromatic rings. The first-order chi connectivity index (χ1) is 32.3. The number of carbonyl (C=O) groups excluding carboxylic acids is 3. The summed E-state index contributed by atoms with van der Waals surface area (Å²) in [7, 11) is 0. The van der Waals surface area contributed by atoms with Gasteiger partial charge in [-0.05, 0) is 31.1 Å². The lowest BCUT2D eigenvalue weighted by atomic mass is 9.99. The van der Waals surface area contributed by atoms with Crippen LogP contribution in [0, 0.1) is 11.8 Å². The number of rotatable bonds is 54. The number of ether oxygens (including phenoxy) is 3. The quantitative estimate of drug-likeness (QED) is 0.0343. The van der Waals surface area contributed by atoms with Gasteiger partial charge in [-0.15, -0.1) is 0 Å². The van der Waals surface area contributed by atoms with Gasteiger partial charge in [0.1, 0.15) is 13.2 Å². The summed E-state index contributed by atoms with van der Waals surface area (Å²) in [5, 5.41) is 0. The molecule has 0 bridgehead atoms. The molecule has 0 fully saturated rings. The van der Waals surface area contributed by atoms with Crippen molar-refractivity contribution >= 4 is 17.9 Å². The van der Waals surface area contributed by atoms with Crippen LogP contribution in [-0.2, 0) is 28.6 Å². The smallest absolute Gasteiger partial charge is 0.306 e. The maximum absolute atomic E-state index is 12.9. The molecule has 0 aliphatic rings. The molecule has 0 spiro atoms. The second kappa shape index (κ2) is 52.8. The van der Waals surface area contributed by atoms with E-state index in [-0.39, 0.29) is 31.1 Å². The Morgan fingerprint density at radius 3 is 0.864 bits per heavy atom. The topological polar surface area (TPSA) is 78.9 Å². The van der Waals surface area contributed by atoms with E-state index >= 15 is 0 Å². The minimum absolute atomic E-state index is 0.0626. The molecule has 392 valence electrons. The second-order valence-corrected chi connectivity index (χ2v) is 21.4. The summed E-state index contributed by atoms with van der Waals surface area (Å²) in [4.78, 5) is 38.2. The molecule has 2 atom stereocenters. The molecule has 0 aliphatic heterocycles. The first-order valence-corrected chi connectivity index (χ1v) is 29.8. The van der Waals surface area contributed by atoms with Crippen LogP contribution in [0.5, 0.6) is 0 Å². The molecule has 6 nitrogen and oxygen atoms in total. The fraction of sp³-hybridized carbons (Fsp3) is 0.950. The van der Waals surface area contributed by atoms with Crippen molar-refractivity contribution in [3.63, 3.8) is 0 Å². The van der Waals surface area contributed by atoms with Crippen LogP contribution in [-0.4, -0.2) is 37.2 Å². The molecular weight excluding hydrogens is 817 g/mol. The molecule has 0 amide bonds. The standard InChI is InChI=1S/C60H116O6/c1-6-8-9-10-11-12-13-20-24-30-35-40-45-50-58(61)64-53-57(54-65-59(62)51-46-41-36-31-27-26-29-34-39-44-49-56(5)7-2)66-60(63)52-47-42-37-32-25-22-19-17-15-14-16-18-21-23-28-33-38-43-48-55(3)4/h55-57H,6-54H2,1-5H3/t56?,57-/m0/s1. The van der Waals surface area contributed by atoms with Crippen LogP contribution in [0.1, 0.15) is 336 Å². The number of hydrogen-bond donors (Lipinski definition) is 0. The van der Waals surface area contributed by atoms with Gasteiger partial charge in [0.05, 0.1) is 0 Å². The number of hydrogen-bond acceptors (Lipinski definition) is 6. The Morgan fingerprint density at radius 1 is 0.318 bits per heavy atom. The van der Waals surface area contributed by atoms with Crippen LogP contribution >= 0.6 is 0 Å². The van der Waals surface area contributed by atoms with Gasteiger partial charge in [0, 0.05) is 19.3 Å². The Balaban J connectivity index is 4.26. The van der Waals surface area contributed by atoms with Gasteiger partial charge in [0.2, 0.25) is 0 Å². The summed E-state index contributed by atoms with van der Waals surface area (Å²) >= 11 is 0. The Kier molecular flexibility index (Phi) is 51.5. The van der Waals surface area contributed by atoms with Crippen molar-refractivity contribution in [2.75, 3.05) is 13.2 Å². The summed E-state index contributed by atoms with van der Waals surface area (Å²) in [6.45, 7) is 11.5. The molecule has 0 aliphatic carbocycles. The molecule has 1 unspecified atom stereocenters. The third-order valence-electron chi connectivity index (χ3n) is 14.1. The summed E-state index contributed by atoms with van der Waals surface area (Å²) < 4.78 is 16.9. The van der Waals surface area contributed by atoms with Gasteiger partial charge < -0.3 is 14.2 Å². The van der Waals surface area contributed by atoms with Crippen molar-refractivity contribution in [3.8, 4) is 0 Å². The average Bonchev–Trinajstić information content (AvgIpc) is 3.30. The highest BCUT2D eigenvalue weighted by Crippen LogP contribution is 2.19. The SMILES string of the molecule is CCCCCCCCCCCCCCCC(=O)OC[C@@H](COC(=O)CCCCCCCCCCCCC(C)CC)OC(=O)CCCCCCCCCCCCCCCCCCCCC(C)C. The molecule has 0 heterocycles. The minimum atomic E-state index is -0.763. The van der Waals surface area contributed by atoms with Gasteiger partial charge in [-0.3, -0.25) is 14.4 Å². The van der Waals surface area contributed by atoms with E-state index in [1.165, 1.54) is 225 Å². The molecule has 0 radical (unpaired) electrons. The molecule has 0 saturated carbocycles. The van der Waals surface area contributed by atoms with Gasteiger partial charge in [0.25, 0.3) is 0 Å². The summed E-state index contributed by atoms with van der Waals surface area (Å²) in [5.41, 5.74) is 0. The van der Waals surface area contributed by atoms with Crippen LogP contribution < -0.4 is 0 Å². The van der Waals surface area contributed by atoms with Gasteiger partial charge in [-0.1, -0.05) is 298 Å². The molecule has 66 heavy (non-hydrogen) atoms. The lowest BCUT2D eigenvalue weighted by molar-refractivity contribution is -0.167. The normalized spacial score (nSPS) is 12.5. The van der Waals surface area contributed by atoms with E-state index in [4.69, 9.17) is 14.2 Å². The lowest BCUT2D eigenvalue weighted by Gasteiger charge is -2.18. The fourth-order valence-electron chi connectivity index (χ4n) is 9.20. The van der Waals surface area contributed by atoms with E-state index in [1.807, 2.05) is 0 Å². The van der Waals surface area contributed by atoms with Crippen molar-refractivity contribution in [3.05, 3.63) is 0 Å². The van der Waals surface area contributed by atoms with Crippen molar-refractivity contribution < 1.29 is 28.6 Å². The predicted octanol–water partition coefficient (Wildman–Crippen LogP) is 19.7. The highest BCUT2D eigenvalue weighted by molar-refractivity contribution is 5.71. The summed E-state index contributed by atoms with van der Waals surface area (Å²) in [5.74, 6) is 0.890. The number of unbranched alkanes of at least 4 members (excludes halogenated alkanes) is 38. The number of esters is 3. The lowest BCUT2D eigenvalue weighted by Crippen LogP contribution is -2.30. The van der Waals surface area contributed by atoms with Gasteiger partial charge >= 0.3 is 17.9 Å². The van der Waals surface area contributed by atoms with Crippen molar-refractivity contribution in [1.82, 2.24) is 0 Å². The van der Waals surface area contributed by atoms with E-state index in [9.17, 15) is 14.4 Å². The molecule has 0 aromatic carbocycles. The van der Waals surface area contributed by atoms with E-state index in [0.717, 1.165) is 69.6 Å². The van der Waals surface area contributed by atoms with Gasteiger partial charge in [0.15, 0.2) is 6.10 Å². The number of carbonyl (C=O) groups is 3. The Morgan fingerprint density at radius 2 is 0.576 bits per heavy atom. The highest BCUT2D eigenvalue weighted by atomic mass is 16.6. The van der Waals surface area contributed by atoms with Crippen molar-refractivity contribution in [2.24, 2.45) is 11.8 Å². The molecule has 0 rings (SSSR count). The zero-order valence-corrected chi connectivity index (χ0v) is 45.3.